The lowest BCUT2D eigenvalue weighted by Gasteiger charge is -2.49. The molecule has 1 saturated carbocycles. The maximum Gasteiger partial charge on any atom is 0.408 e. The number of rotatable bonds is 21. The third-order valence-electron chi connectivity index (χ3n) is 15.4. The zero-order valence-corrected chi connectivity index (χ0v) is 55.1. The first-order valence-corrected chi connectivity index (χ1v) is 31.5. The van der Waals surface area contributed by atoms with Gasteiger partial charge in [0.25, 0.3) is 0 Å². The van der Waals surface area contributed by atoms with Crippen molar-refractivity contribution >= 4 is 64.1 Å². The number of carboxylic acids is 1. The number of aromatic carboxylic acids is 1. The van der Waals surface area contributed by atoms with Gasteiger partial charge in [-0.15, -0.1) is 5.10 Å². The van der Waals surface area contributed by atoms with Crippen LogP contribution in [0.3, 0.4) is 0 Å². The summed E-state index contributed by atoms with van der Waals surface area (Å²) >= 11 is 5.52. The van der Waals surface area contributed by atoms with Crippen molar-refractivity contribution < 1.29 is 108 Å². The summed E-state index contributed by atoms with van der Waals surface area (Å²) in [5, 5.41) is 125. The van der Waals surface area contributed by atoms with Crippen LogP contribution in [0.4, 0.5) is 20.1 Å². The molecule has 7 unspecified atom stereocenters. The van der Waals surface area contributed by atoms with Gasteiger partial charge in [-0.2, -0.15) is 0 Å². The van der Waals surface area contributed by atoms with Crippen LogP contribution in [0.5, 0.6) is 5.75 Å². The highest BCUT2D eigenvalue weighted by Gasteiger charge is 2.55. The van der Waals surface area contributed by atoms with Gasteiger partial charge in [-0.25, -0.2) is 19.2 Å². The predicted molar refractivity (Wildman–Crippen MR) is 342 cm³/mol. The monoisotopic (exact) mass is 1370 g/mol. The highest BCUT2D eigenvalue weighted by atomic mass is 32.1. The van der Waals surface area contributed by atoms with E-state index in [1.54, 1.807) is 97.5 Å². The summed E-state index contributed by atoms with van der Waals surface area (Å²) in [7, 11) is 0. The van der Waals surface area contributed by atoms with Gasteiger partial charge in [-0.05, 0) is 142 Å². The molecule has 2 aliphatic carbocycles. The van der Waals surface area contributed by atoms with Crippen LogP contribution in [-0.2, 0) is 50.9 Å². The molecular weight excluding hydrogens is 1280 g/mol. The Labute approximate surface area is 556 Å². The number of aromatic nitrogens is 3. The molecule has 32 nitrogen and oxygen atoms in total. The lowest BCUT2D eigenvalue weighted by molar-refractivity contribution is -0.334. The van der Waals surface area contributed by atoms with E-state index in [9.17, 15) is 74.7 Å². The fourth-order valence-corrected chi connectivity index (χ4v) is 11.4. The number of aromatic hydroxyl groups is 1. The predicted octanol–water partition coefficient (Wildman–Crippen LogP) is 1.84. The minimum atomic E-state index is -2.05. The molecule has 5 aliphatic rings. The van der Waals surface area contributed by atoms with Crippen molar-refractivity contribution in [1.29, 1.82) is 0 Å². The van der Waals surface area contributed by atoms with Crippen molar-refractivity contribution in [3.63, 3.8) is 0 Å². The van der Waals surface area contributed by atoms with Gasteiger partial charge in [-0.3, -0.25) is 14.3 Å². The van der Waals surface area contributed by atoms with E-state index < -0.39 is 158 Å². The van der Waals surface area contributed by atoms with Crippen LogP contribution >= 0.6 is 12.2 Å². The van der Waals surface area contributed by atoms with Crippen molar-refractivity contribution in [2.24, 2.45) is 0 Å². The zero-order chi connectivity index (χ0) is 70.3. The summed E-state index contributed by atoms with van der Waals surface area (Å²) in [6.07, 6.45) is -22.6. The van der Waals surface area contributed by atoms with Gasteiger partial charge in [0.2, 0.25) is 5.91 Å². The molecule has 3 fully saturated rings. The molecule has 4 amide bonds. The first kappa shape index (κ1) is 73.9. The number of amides is 4. The second-order valence-corrected chi connectivity index (χ2v) is 27.0. The SMILES string of the molecule is CC(C)(C)OC(=O)NC1C(O)[C@H](OC2[C@@H](O)[C@H](O[C@H]3OC(CNC(=O)CCCc4cn(CCCNC(=S)Nc5ccc(-c6c7ccc(=O)cc-7oc7cc(O)ccc67)c(C(=O)O)c5)nn4)[C@@H](O)[C@H](O)C3O)C(NC(=O)OC(C)(C)C)C[C@H]2NC(=O)OC(C)(C)C)OC(CO)[C@@H]1O. The second kappa shape index (κ2) is 31.1. The maximum atomic E-state index is 13.5. The summed E-state index contributed by atoms with van der Waals surface area (Å²) < 4.78 is 48.1. The number of aliphatic hydroxyl groups excluding tert-OH is 7. The number of nitrogens with zero attached hydrogens (tertiary/aromatic N) is 3. The first-order chi connectivity index (χ1) is 45.0. The molecule has 33 heteroatoms. The molecular formula is C63H85N9O23S. The summed E-state index contributed by atoms with van der Waals surface area (Å²) in [4.78, 5) is 78.1. The van der Waals surface area contributed by atoms with Crippen molar-refractivity contribution in [3.05, 3.63) is 82.3 Å². The first-order valence-electron chi connectivity index (χ1n) is 31.1. The Morgan fingerprint density at radius 1 is 0.688 bits per heavy atom. The number of thiocarbonyl (C=S) groups is 1. The normalized spacial score (nSPS) is 26.3. The Hall–Kier alpha value is -7.93. The van der Waals surface area contributed by atoms with E-state index in [4.69, 9.17) is 49.8 Å². The topological polar surface area (TPSA) is 465 Å². The number of anilines is 1. The number of carbonyl (C=O) groups excluding carboxylic acids is 4. The minimum Gasteiger partial charge on any atom is -0.508 e. The lowest BCUT2D eigenvalue weighted by atomic mass is 9.83. The Morgan fingerprint density at radius 3 is 1.91 bits per heavy atom. The number of hydrogen-bond acceptors (Lipinski definition) is 25. The smallest absolute Gasteiger partial charge is 0.408 e. The Balaban J connectivity index is 0.861. The number of ether oxygens (including phenoxy) is 7. The summed E-state index contributed by atoms with van der Waals surface area (Å²) in [5.74, 6) is -1.59. The molecule has 0 bridgehead atoms. The van der Waals surface area contributed by atoms with Gasteiger partial charge in [0.1, 0.15) is 94.9 Å². The van der Waals surface area contributed by atoms with Crippen LogP contribution in [0.15, 0.2) is 70.0 Å². The number of aliphatic hydroxyl groups is 7. The molecule has 3 aromatic rings. The molecule has 96 heavy (non-hydrogen) atoms. The third kappa shape index (κ3) is 19.4. The van der Waals surface area contributed by atoms with Crippen LogP contribution in [0.2, 0.25) is 0 Å². The fraction of sp³-hybridized carbons (Fsp3) is 0.571. The van der Waals surface area contributed by atoms with E-state index in [1.165, 1.54) is 30.3 Å². The molecule has 2 saturated heterocycles. The van der Waals surface area contributed by atoms with Gasteiger partial charge >= 0.3 is 24.2 Å². The molecule has 3 aliphatic heterocycles. The van der Waals surface area contributed by atoms with Crippen LogP contribution in [0.25, 0.3) is 33.4 Å². The number of carbonyl (C=O) groups is 5. The molecule has 526 valence electrons. The number of alkyl carbamates (subject to hydrolysis) is 3. The number of carboxylic acid groups (broad SMARTS) is 1. The molecule has 2 aromatic carbocycles. The number of fused-ring (bicyclic) bond motifs is 2. The van der Waals surface area contributed by atoms with Crippen LogP contribution in [-0.4, -0.2) is 224 Å². The van der Waals surface area contributed by atoms with Gasteiger partial charge in [0, 0.05) is 66.6 Å². The lowest BCUT2D eigenvalue weighted by Crippen LogP contribution is -2.70. The Morgan fingerprint density at radius 2 is 1.29 bits per heavy atom. The number of phenols is 1. The van der Waals surface area contributed by atoms with Crippen molar-refractivity contribution in [2.45, 2.75) is 210 Å². The van der Waals surface area contributed by atoms with E-state index in [1.807, 2.05) is 0 Å². The number of hydrogen-bond donors (Lipinski definition) is 15. The number of aryl methyl sites for hydroxylation is 2. The average molecular weight is 1370 g/mol. The zero-order valence-electron chi connectivity index (χ0n) is 54.3. The molecule has 8 rings (SSSR count). The largest absolute Gasteiger partial charge is 0.508 e. The fourth-order valence-electron chi connectivity index (χ4n) is 11.2. The maximum absolute atomic E-state index is 13.5. The van der Waals surface area contributed by atoms with E-state index in [-0.39, 0.29) is 39.6 Å². The van der Waals surface area contributed by atoms with Gasteiger partial charge in [0.15, 0.2) is 23.1 Å². The van der Waals surface area contributed by atoms with Crippen LogP contribution in [0, 0.1) is 0 Å². The summed E-state index contributed by atoms with van der Waals surface area (Å²) in [5.41, 5.74) is -0.972. The van der Waals surface area contributed by atoms with Crippen LogP contribution < -0.4 is 37.3 Å². The summed E-state index contributed by atoms with van der Waals surface area (Å²) in [6.45, 7) is 13.7. The van der Waals surface area contributed by atoms with Crippen LogP contribution in [0.1, 0.15) is 104 Å². The number of phenolic OH excluding ortho intramolecular Hbond substituents is 1. The Bertz CT molecular complexity index is 3590. The van der Waals surface area contributed by atoms with E-state index in [2.05, 4.69) is 42.2 Å². The highest BCUT2D eigenvalue weighted by Crippen LogP contribution is 2.43. The molecule has 1 aromatic heterocycles. The summed E-state index contributed by atoms with van der Waals surface area (Å²) in [6, 6.07) is 8.99. The standard InChI is InChI=1S/C63H85N9O23S/c1-61(2,3)93-58(85)67-37-25-38(68-59(86)94-62(4,5)6)53(51(82)52(37)91-55-48(79)45(46(77)42(28-73)90-55)69-60(87)95-63(7,8)9)92-56-50(81)49(80)47(78)41(89-56)26-65-43(76)13-10-12-30-27-72(71-70-30)21-11-20-64-57(96)66-29-14-17-33(36(22-29)54(83)84)44-34-18-15-31(74)23-39(34)88-40-24-32(75)16-19-35(40)44/h14-19,22-24,27,37-38,41-42,45-53,55-56,73-74,77-82H,10-13,20-21,25-26,28H2,1-9H3,(H,65,76)(H,67,85)(H,68,86)(H,69,87)(H,83,84)(H2,64,66,96)/t37-,38?,41?,42?,45?,46+,47-,48?,49+,50?,51-,52?,53-,55+,56-/m1/s1. The number of benzene rings is 3. The van der Waals surface area contributed by atoms with Crippen molar-refractivity contribution in [2.75, 3.05) is 25.0 Å². The van der Waals surface area contributed by atoms with Crippen molar-refractivity contribution in [3.8, 4) is 28.2 Å². The molecule has 0 radical (unpaired) electrons. The van der Waals surface area contributed by atoms with E-state index >= 15 is 0 Å². The quantitative estimate of drug-likeness (QED) is 0.0216. The van der Waals surface area contributed by atoms with Gasteiger partial charge < -0.3 is 115 Å². The second-order valence-electron chi connectivity index (χ2n) is 26.6. The van der Waals surface area contributed by atoms with E-state index in [0.717, 1.165) is 0 Å². The van der Waals surface area contributed by atoms with Crippen molar-refractivity contribution in [1.82, 2.24) is 41.6 Å². The average Bonchev–Trinajstić information content (AvgIpc) is 0.796. The number of nitrogens with one attached hydrogen (secondary N) is 6. The molecule has 0 spiro atoms. The molecule has 15 atom stereocenters. The van der Waals surface area contributed by atoms with Gasteiger partial charge in [-0.1, -0.05) is 11.3 Å². The highest BCUT2D eigenvalue weighted by molar-refractivity contribution is 7.80. The minimum absolute atomic E-state index is 0.0434. The molecule has 4 heterocycles. The van der Waals surface area contributed by atoms with Gasteiger partial charge in [0.05, 0.1) is 36.0 Å². The van der Waals surface area contributed by atoms with E-state index in [0.29, 0.717) is 65.8 Å². The third-order valence-corrected chi connectivity index (χ3v) is 15.7. The molecule has 15 N–H and O–H groups in total. The Kier molecular flexibility index (Phi) is 23.9.